The van der Waals surface area contributed by atoms with Gasteiger partial charge in [-0.3, -0.25) is 14.4 Å². The van der Waals surface area contributed by atoms with E-state index in [9.17, 15) is 14.4 Å². The van der Waals surface area contributed by atoms with E-state index >= 15 is 0 Å². The van der Waals surface area contributed by atoms with Gasteiger partial charge >= 0.3 is 0 Å². The fraction of sp³-hybridized carbons (Fsp3) is 0.0645. The Morgan fingerprint density at radius 1 is 0.769 bits per heavy atom. The van der Waals surface area contributed by atoms with E-state index in [4.69, 9.17) is 4.74 Å². The van der Waals surface area contributed by atoms with Crippen LogP contribution in [0.5, 0.6) is 5.75 Å². The van der Waals surface area contributed by atoms with Crippen molar-refractivity contribution in [2.45, 2.75) is 4.90 Å². The lowest BCUT2D eigenvalue weighted by molar-refractivity contribution is -0.114. The van der Waals surface area contributed by atoms with Crippen molar-refractivity contribution in [3.8, 4) is 5.75 Å². The molecule has 0 heterocycles. The molecule has 0 aliphatic heterocycles. The van der Waals surface area contributed by atoms with Gasteiger partial charge in [0.05, 0.1) is 12.9 Å². The maximum Gasteiger partial charge on any atom is 0.272 e. The summed E-state index contributed by atoms with van der Waals surface area (Å²) >= 11 is 1.34. The summed E-state index contributed by atoms with van der Waals surface area (Å²) in [4.78, 5) is 39.2. The Balaban J connectivity index is 1.41. The van der Waals surface area contributed by atoms with Crippen LogP contribution in [0, 0.1) is 0 Å². The van der Waals surface area contributed by atoms with Crippen molar-refractivity contribution < 1.29 is 19.1 Å². The number of thioether (sulfide) groups is 1. The van der Waals surface area contributed by atoms with Crippen molar-refractivity contribution in [3.63, 3.8) is 0 Å². The molecule has 4 aromatic rings. The second-order valence-electron chi connectivity index (χ2n) is 8.34. The lowest BCUT2D eigenvalue weighted by Gasteiger charge is -2.12. The zero-order chi connectivity index (χ0) is 27.5. The average molecular weight is 538 g/mol. The van der Waals surface area contributed by atoms with Gasteiger partial charge in [0.15, 0.2) is 0 Å². The molecule has 8 heteroatoms. The second-order valence-corrected chi connectivity index (χ2v) is 9.38. The monoisotopic (exact) mass is 537 g/mol. The van der Waals surface area contributed by atoms with Crippen molar-refractivity contribution in [2.24, 2.45) is 0 Å². The molecule has 3 N–H and O–H groups in total. The minimum Gasteiger partial charge on any atom is -0.497 e. The van der Waals surface area contributed by atoms with E-state index in [0.29, 0.717) is 22.7 Å². The van der Waals surface area contributed by atoms with Gasteiger partial charge in [-0.25, -0.2) is 0 Å². The largest absolute Gasteiger partial charge is 0.497 e. The van der Waals surface area contributed by atoms with E-state index in [2.05, 4.69) is 16.0 Å². The molecule has 0 radical (unpaired) electrons. The van der Waals surface area contributed by atoms with Crippen LogP contribution in [0.25, 0.3) is 6.08 Å². The van der Waals surface area contributed by atoms with Gasteiger partial charge in [-0.15, -0.1) is 11.8 Å². The molecule has 7 nitrogen and oxygen atoms in total. The second kappa shape index (κ2) is 13.6. The third kappa shape index (κ3) is 8.34. The van der Waals surface area contributed by atoms with Crippen LogP contribution >= 0.6 is 11.8 Å². The molecule has 0 aliphatic rings. The van der Waals surface area contributed by atoms with Crippen LogP contribution in [0.1, 0.15) is 15.9 Å². The molecule has 3 amide bonds. The number of rotatable bonds is 10. The molecule has 0 aromatic heterocycles. The van der Waals surface area contributed by atoms with E-state index in [1.54, 1.807) is 79.9 Å². The van der Waals surface area contributed by atoms with Crippen LogP contribution in [0.2, 0.25) is 0 Å². The summed E-state index contributed by atoms with van der Waals surface area (Å²) in [6, 6.07) is 32.2. The number of anilines is 2. The van der Waals surface area contributed by atoms with Gasteiger partial charge in [-0.1, -0.05) is 54.6 Å². The minimum absolute atomic E-state index is 0.104. The van der Waals surface area contributed by atoms with Crippen LogP contribution in [0.15, 0.2) is 120 Å². The van der Waals surface area contributed by atoms with Gasteiger partial charge in [0.1, 0.15) is 11.4 Å². The fourth-order valence-electron chi connectivity index (χ4n) is 3.54. The molecule has 0 spiro atoms. The lowest BCUT2D eigenvalue weighted by atomic mass is 10.1. The SMILES string of the molecule is COc1ccc(NC(=O)CSc2cccc(NC(=O)/C(=C/c3ccccc3)NC(=O)c3ccccc3)c2)cc1. The number of benzene rings is 4. The highest BCUT2D eigenvalue weighted by Crippen LogP contribution is 2.23. The van der Waals surface area contributed by atoms with E-state index in [0.717, 1.165) is 10.5 Å². The molecule has 0 fully saturated rings. The van der Waals surface area contributed by atoms with Gasteiger partial charge in [0.2, 0.25) is 5.91 Å². The van der Waals surface area contributed by atoms with Crippen molar-refractivity contribution in [1.29, 1.82) is 0 Å². The first-order valence-electron chi connectivity index (χ1n) is 12.1. The van der Waals surface area contributed by atoms with Crippen molar-refractivity contribution >= 4 is 46.9 Å². The summed E-state index contributed by atoms with van der Waals surface area (Å²) in [6.45, 7) is 0. The number of amides is 3. The molecule has 0 bridgehead atoms. The van der Waals surface area contributed by atoms with Gasteiger partial charge in [0, 0.05) is 21.8 Å². The van der Waals surface area contributed by atoms with Crippen LogP contribution in [-0.2, 0) is 9.59 Å². The number of nitrogens with one attached hydrogen (secondary N) is 3. The number of methoxy groups -OCH3 is 1. The van der Waals surface area contributed by atoms with Crippen LogP contribution in [0.3, 0.4) is 0 Å². The molecule has 0 atom stereocenters. The third-order valence-electron chi connectivity index (χ3n) is 5.47. The highest BCUT2D eigenvalue weighted by molar-refractivity contribution is 8.00. The molecule has 0 saturated carbocycles. The topological polar surface area (TPSA) is 96.5 Å². The van der Waals surface area contributed by atoms with Gasteiger partial charge < -0.3 is 20.7 Å². The molecule has 0 saturated heterocycles. The number of carbonyl (C=O) groups excluding carboxylic acids is 3. The number of ether oxygens (including phenoxy) is 1. The smallest absolute Gasteiger partial charge is 0.272 e. The first kappa shape index (κ1) is 27.2. The van der Waals surface area contributed by atoms with Crippen LogP contribution in [0.4, 0.5) is 11.4 Å². The van der Waals surface area contributed by atoms with E-state index < -0.39 is 5.91 Å². The summed E-state index contributed by atoms with van der Waals surface area (Å²) in [5.74, 6) is -0.114. The van der Waals surface area contributed by atoms with E-state index in [1.807, 2.05) is 42.5 Å². The first-order valence-corrected chi connectivity index (χ1v) is 13.1. The Labute approximate surface area is 231 Å². The molecule has 0 unspecified atom stereocenters. The van der Waals surface area contributed by atoms with Crippen LogP contribution < -0.4 is 20.7 Å². The summed E-state index contributed by atoms with van der Waals surface area (Å²) in [6.07, 6.45) is 1.62. The normalized spacial score (nSPS) is 10.8. The third-order valence-corrected chi connectivity index (χ3v) is 6.47. The average Bonchev–Trinajstić information content (AvgIpc) is 2.97. The van der Waals surface area contributed by atoms with Crippen molar-refractivity contribution in [2.75, 3.05) is 23.5 Å². The summed E-state index contributed by atoms with van der Waals surface area (Å²) in [7, 11) is 1.59. The minimum atomic E-state index is -0.470. The van der Waals surface area contributed by atoms with Gasteiger partial charge in [-0.05, 0) is 66.2 Å². The molecule has 196 valence electrons. The van der Waals surface area contributed by atoms with Gasteiger partial charge in [-0.2, -0.15) is 0 Å². The standard InChI is InChI=1S/C31H27N3O4S/c1-38-26-17-15-24(16-18-26)32-29(35)21-39-27-14-8-13-25(20-27)33-31(37)28(19-22-9-4-2-5-10-22)34-30(36)23-11-6-3-7-12-23/h2-20H,21H2,1H3,(H,32,35)(H,33,37)(H,34,36)/b28-19-. The van der Waals surface area contributed by atoms with E-state index in [-0.39, 0.29) is 23.3 Å². The molecule has 4 aromatic carbocycles. The Morgan fingerprint density at radius 2 is 1.46 bits per heavy atom. The Hall–Kier alpha value is -4.82. The van der Waals surface area contributed by atoms with E-state index in [1.165, 1.54) is 11.8 Å². The highest BCUT2D eigenvalue weighted by Gasteiger charge is 2.15. The van der Waals surface area contributed by atoms with Crippen molar-refractivity contribution in [3.05, 3.63) is 126 Å². The van der Waals surface area contributed by atoms with Crippen molar-refractivity contribution in [1.82, 2.24) is 5.32 Å². The summed E-state index contributed by atoms with van der Waals surface area (Å²) in [5.41, 5.74) is 2.52. The Kier molecular flexibility index (Phi) is 9.52. The summed E-state index contributed by atoms with van der Waals surface area (Å²) in [5, 5.41) is 8.43. The zero-order valence-corrected chi connectivity index (χ0v) is 22.0. The molecular formula is C31H27N3O4S. The number of carbonyl (C=O) groups is 3. The highest BCUT2D eigenvalue weighted by atomic mass is 32.2. The number of hydrogen-bond donors (Lipinski definition) is 3. The molecule has 39 heavy (non-hydrogen) atoms. The Morgan fingerprint density at radius 3 is 2.15 bits per heavy atom. The molecule has 0 aliphatic carbocycles. The predicted molar refractivity (Wildman–Crippen MR) is 156 cm³/mol. The maximum absolute atomic E-state index is 13.2. The van der Waals surface area contributed by atoms with Gasteiger partial charge in [0.25, 0.3) is 11.8 Å². The Bertz CT molecular complexity index is 1460. The summed E-state index contributed by atoms with van der Waals surface area (Å²) < 4.78 is 5.13. The predicted octanol–water partition coefficient (Wildman–Crippen LogP) is 5.84. The quantitative estimate of drug-likeness (QED) is 0.175. The maximum atomic E-state index is 13.2. The molecule has 4 rings (SSSR count). The molecular weight excluding hydrogens is 510 g/mol. The van der Waals surface area contributed by atoms with Crippen LogP contribution in [-0.4, -0.2) is 30.6 Å². The zero-order valence-electron chi connectivity index (χ0n) is 21.2. The first-order chi connectivity index (χ1) is 19.0. The fourth-order valence-corrected chi connectivity index (χ4v) is 4.30. The number of hydrogen-bond acceptors (Lipinski definition) is 5. The lowest BCUT2D eigenvalue weighted by Crippen LogP contribution is -2.30.